The molecule has 0 rings (SSSR count). The lowest BCUT2D eigenvalue weighted by atomic mass is 9.97. The van der Waals surface area contributed by atoms with E-state index >= 15 is 0 Å². The van der Waals surface area contributed by atoms with Gasteiger partial charge in [-0.05, 0) is 24.3 Å². The molecule has 0 spiro atoms. The summed E-state index contributed by atoms with van der Waals surface area (Å²) in [7, 11) is 0. The first-order valence-corrected chi connectivity index (χ1v) is 9.39. The van der Waals surface area contributed by atoms with Gasteiger partial charge in [-0.3, -0.25) is 14.4 Å². The van der Waals surface area contributed by atoms with Gasteiger partial charge in [0.1, 0.15) is 12.1 Å². The Morgan fingerprint density at radius 1 is 1.16 bits per heavy atom. The molecule has 10 heteroatoms. The van der Waals surface area contributed by atoms with Crippen LogP contribution in [0.3, 0.4) is 0 Å². The summed E-state index contributed by atoms with van der Waals surface area (Å²) in [5.41, 5.74) is 10.6. The van der Waals surface area contributed by atoms with E-state index in [1.165, 1.54) is 11.8 Å². The number of carboxylic acids is 1. The highest BCUT2D eigenvalue weighted by molar-refractivity contribution is 7.98. The summed E-state index contributed by atoms with van der Waals surface area (Å²) in [5, 5.41) is 14.2. The second-order valence-corrected chi connectivity index (χ2v) is 6.82. The topological polar surface area (TPSA) is 165 Å². The largest absolute Gasteiger partial charge is 0.480 e. The smallest absolute Gasteiger partial charge is 0.326 e. The molecule has 0 aliphatic heterocycles. The maximum absolute atomic E-state index is 12.5. The van der Waals surface area contributed by atoms with Crippen molar-refractivity contribution in [2.45, 2.75) is 51.2 Å². The number of thioether (sulfide) groups is 1. The Bertz CT molecular complexity index is 489. The van der Waals surface area contributed by atoms with Gasteiger partial charge in [0.05, 0.1) is 12.5 Å². The van der Waals surface area contributed by atoms with Crippen molar-refractivity contribution in [2.24, 2.45) is 17.4 Å². The van der Waals surface area contributed by atoms with Gasteiger partial charge in [-0.15, -0.1) is 0 Å². The first-order valence-electron chi connectivity index (χ1n) is 8.00. The Morgan fingerprint density at radius 3 is 2.20 bits per heavy atom. The molecule has 0 aliphatic carbocycles. The minimum Gasteiger partial charge on any atom is -0.480 e. The molecule has 144 valence electrons. The number of nitrogens with two attached hydrogens (primary N) is 2. The van der Waals surface area contributed by atoms with Crippen LogP contribution in [0.1, 0.15) is 33.1 Å². The quantitative estimate of drug-likeness (QED) is 0.293. The van der Waals surface area contributed by atoms with Crippen LogP contribution in [0.4, 0.5) is 0 Å². The second kappa shape index (κ2) is 11.7. The number of primary amides is 1. The number of hydrogen-bond acceptors (Lipinski definition) is 6. The number of carbonyl (C=O) groups is 4. The third-order valence-electron chi connectivity index (χ3n) is 3.78. The van der Waals surface area contributed by atoms with E-state index in [2.05, 4.69) is 10.6 Å². The summed E-state index contributed by atoms with van der Waals surface area (Å²) >= 11 is 1.47. The number of amides is 3. The van der Waals surface area contributed by atoms with Gasteiger partial charge < -0.3 is 27.2 Å². The van der Waals surface area contributed by atoms with Crippen LogP contribution >= 0.6 is 11.8 Å². The zero-order chi connectivity index (χ0) is 19.6. The molecule has 25 heavy (non-hydrogen) atoms. The summed E-state index contributed by atoms with van der Waals surface area (Å²) in [5.74, 6) is -2.82. The highest BCUT2D eigenvalue weighted by Crippen LogP contribution is 2.10. The molecule has 4 atom stereocenters. The minimum atomic E-state index is -1.16. The van der Waals surface area contributed by atoms with Gasteiger partial charge in [0.25, 0.3) is 0 Å². The van der Waals surface area contributed by atoms with Crippen LogP contribution in [0, 0.1) is 5.92 Å². The Hall–Kier alpha value is -1.81. The number of carboxylic acid groups (broad SMARTS) is 1. The fourth-order valence-corrected chi connectivity index (χ4v) is 2.50. The lowest BCUT2D eigenvalue weighted by molar-refractivity contribution is -0.142. The van der Waals surface area contributed by atoms with Crippen LogP contribution in [-0.4, -0.2) is 58.9 Å². The van der Waals surface area contributed by atoms with Gasteiger partial charge in [0.15, 0.2) is 0 Å². The van der Waals surface area contributed by atoms with Crippen molar-refractivity contribution in [3.63, 3.8) is 0 Å². The van der Waals surface area contributed by atoms with Crippen LogP contribution in [0.2, 0.25) is 0 Å². The Kier molecular flexibility index (Phi) is 10.8. The van der Waals surface area contributed by atoms with Gasteiger partial charge in [-0.1, -0.05) is 20.3 Å². The lowest BCUT2D eigenvalue weighted by Gasteiger charge is -2.26. The maximum atomic E-state index is 12.5. The Balaban J connectivity index is 5.05. The number of hydrogen-bond donors (Lipinski definition) is 5. The van der Waals surface area contributed by atoms with E-state index in [0.717, 1.165) is 0 Å². The van der Waals surface area contributed by atoms with Crippen molar-refractivity contribution in [2.75, 3.05) is 12.0 Å². The molecule has 0 saturated carbocycles. The van der Waals surface area contributed by atoms with Gasteiger partial charge in [0.2, 0.25) is 17.7 Å². The molecule has 9 nitrogen and oxygen atoms in total. The number of rotatable bonds is 12. The van der Waals surface area contributed by atoms with Crippen LogP contribution in [-0.2, 0) is 19.2 Å². The number of nitrogens with one attached hydrogen (secondary N) is 2. The van der Waals surface area contributed by atoms with Crippen LogP contribution in [0.5, 0.6) is 0 Å². The Labute approximate surface area is 151 Å². The monoisotopic (exact) mass is 376 g/mol. The van der Waals surface area contributed by atoms with Gasteiger partial charge >= 0.3 is 5.97 Å². The maximum Gasteiger partial charge on any atom is 0.326 e. The first kappa shape index (κ1) is 23.2. The molecule has 0 radical (unpaired) electrons. The van der Waals surface area contributed by atoms with Crippen LogP contribution in [0.25, 0.3) is 0 Å². The van der Waals surface area contributed by atoms with E-state index in [9.17, 15) is 24.3 Å². The van der Waals surface area contributed by atoms with Gasteiger partial charge in [-0.25, -0.2) is 4.79 Å². The van der Waals surface area contributed by atoms with Crippen molar-refractivity contribution >= 4 is 35.5 Å². The molecule has 0 aromatic carbocycles. The fraction of sp³-hybridized carbons (Fsp3) is 0.733. The van der Waals surface area contributed by atoms with Crippen molar-refractivity contribution < 1.29 is 24.3 Å². The van der Waals surface area contributed by atoms with E-state index in [4.69, 9.17) is 11.5 Å². The van der Waals surface area contributed by atoms with Gasteiger partial charge in [-0.2, -0.15) is 11.8 Å². The highest BCUT2D eigenvalue weighted by atomic mass is 32.2. The molecular formula is C15H28N4O5S. The molecule has 0 aliphatic rings. The SMILES string of the molecule is CCC(C)C(NC(=O)C(N)CC(N)=O)C(=O)NC(CCSC)C(=O)O. The molecule has 7 N–H and O–H groups in total. The minimum absolute atomic E-state index is 0.250. The third kappa shape index (κ3) is 8.73. The molecule has 0 bridgehead atoms. The van der Waals surface area contributed by atoms with E-state index in [1.807, 2.05) is 13.2 Å². The molecule has 0 saturated heterocycles. The fourth-order valence-electron chi connectivity index (χ4n) is 2.03. The van der Waals surface area contributed by atoms with Crippen LogP contribution < -0.4 is 22.1 Å². The number of carbonyl (C=O) groups excluding carboxylic acids is 3. The third-order valence-corrected chi connectivity index (χ3v) is 4.42. The van der Waals surface area contributed by atoms with E-state index < -0.39 is 41.8 Å². The summed E-state index contributed by atoms with van der Waals surface area (Å²) in [6, 6.07) is -3.15. The van der Waals surface area contributed by atoms with Crippen molar-refractivity contribution in [1.29, 1.82) is 0 Å². The second-order valence-electron chi connectivity index (χ2n) is 5.83. The predicted octanol–water partition coefficient (Wildman–Crippen LogP) is -0.957. The molecule has 0 aromatic rings. The zero-order valence-corrected chi connectivity index (χ0v) is 15.6. The summed E-state index contributed by atoms with van der Waals surface area (Å²) in [4.78, 5) is 46.7. The van der Waals surface area contributed by atoms with Crippen molar-refractivity contribution in [1.82, 2.24) is 10.6 Å². The average Bonchev–Trinajstić information content (AvgIpc) is 2.54. The summed E-state index contributed by atoms with van der Waals surface area (Å²) in [6.07, 6.45) is 2.34. The average molecular weight is 376 g/mol. The molecule has 0 aromatic heterocycles. The summed E-state index contributed by atoms with van der Waals surface area (Å²) < 4.78 is 0. The van der Waals surface area contributed by atoms with E-state index in [1.54, 1.807) is 6.92 Å². The van der Waals surface area contributed by atoms with Crippen molar-refractivity contribution in [3.8, 4) is 0 Å². The molecule has 0 fully saturated rings. The van der Waals surface area contributed by atoms with E-state index in [-0.39, 0.29) is 18.8 Å². The normalized spacial score (nSPS) is 15.5. The van der Waals surface area contributed by atoms with Crippen LogP contribution in [0.15, 0.2) is 0 Å². The lowest BCUT2D eigenvalue weighted by Crippen LogP contribution is -2.57. The standard InChI is InChI=1S/C15H28N4O5S/c1-4-8(2)12(19-13(21)9(16)7-11(17)20)14(22)18-10(15(23)24)5-6-25-3/h8-10,12H,4-7,16H2,1-3H3,(H2,17,20)(H,18,22)(H,19,21)(H,23,24). The molecule has 3 amide bonds. The predicted molar refractivity (Wildman–Crippen MR) is 95.7 cm³/mol. The molecule has 0 heterocycles. The van der Waals surface area contributed by atoms with E-state index in [0.29, 0.717) is 12.2 Å². The first-order chi connectivity index (χ1) is 11.6. The Morgan fingerprint density at radius 2 is 1.76 bits per heavy atom. The highest BCUT2D eigenvalue weighted by Gasteiger charge is 2.31. The summed E-state index contributed by atoms with van der Waals surface area (Å²) in [6.45, 7) is 3.59. The zero-order valence-electron chi connectivity index (χ0n) is 14.8. The molecular weight excluding hydrogens is 348 g/mol. The van der Waals surface area contributed by atoms with Crippen molar-refractivity contribution in [3.05, 3.63) is 0 Å². The van der Waals surface area contributed by atoms with Gasteiger partial charge in [0, 0.05) is 0 Å². The number of aliphatic carboxylic acids is 1. The molecule has 4 unspecified atom stereocenters.